The smallest absolute Gasteiger partial charge is 0.230 e. The molecule has 1 aromatic heterocycles. The van der Waals surface area contributed by atoms with E-state index in [4.69, 9.17) is 11.6 Å². The first-order chi connectivity index (χ1) is 7.82. The van der Waals surface area contributed by atoms with Crippen molar-refractivity contribution in [2.45, 2.75) is 41.5 Å². The molecule has 0 unspecified atom stereocenters. The predicted octanol–water partition coefficient (Wildman–Crippen LogP) is 4.05. The number of carbonyl (C=O) groups is 1. The SMILES string of the molecule is CC.Cc1c(Cl)ccnc1NC(=O)C(C)(C)C. The lowest BCUT2D eigenvalue weighted by Crippen LogP contribution is -2.28. The molecule has 1 heterocycles. The van der Waals surface area contributed by atoms with Gasteiger partial charge >= 0.3 is 0 Å². The second-order valence-electron chi connectivity index (χ2n) is 4.47. The summed E-state index contributed by atoms with van der Waals surface area (Å²) in [6.07, 6.45) is 1.58. The number of halogens is 1. The Labute approximate surface area is 109 Å². The van der Waals surface area contributed by atoms with E-state index in [2.05, 4.69) is 10.3 Å². The molecule has 0 fully saturated rings. The number of rotatable bonds is 1. The zero-order chi connectivity index (χ0) is 13.6. The van der Waals surface area contributed by atoms with Crippen molar-refractivity contribution in [1.29, 1.82) is 0 Å². The van der Waals surface area contributed by atoms with Gasteiger partial charge in [-0.3, -0.25) is 4.79 Å². The molecule has 0 saturated carbocycles. The first-order valence-corrected chi connectivity index (χ1v) is 6.12. The average Bonchev–Trinajstić information content (AvgIpc) is 2.26. The first kappa shape index (κ1) is 15.9. The van der Waals surface area contributed by atoms with Gasteiger partial charge in [-0.1, -0.05) is 46.2 Å². The van der Waals surface area contributed by atoms with Crippen molar-refractivity contribution < 1.29 is 4.79 Å². The zero-order valence-corrected chi connectivity index (χ0v) is 12.1. The molecule has 1 N–H and O–H groups in total. The molecule has 0 radical (unpaired) electrons. The van der Waals surface area contributed by atoms with Gasteiger partial charge in [0, 0.05) is 22.2 Å². The molecule has 0 aromatic carbocycles. The van der Waals surface area contributed by atoms with Crippen LogP contribution < -0.4 is 5.32 Å². The van der Waals surface area contributed by atoms with Crippen molar-refractivity contribution in [1.82, 2.24) is 4.98 Å². The predicted molar refractivity (Wildman–Crippen MR) is 73.4 cm³/mol. The Morgan fingerprint density at radius 3 is 2.35 bits per heavy atom. The Morgan fingerprint density at radius 1 is 1.35 bits per heavy atom. The number of hydrogen-bond donors (Lipinski definition) is 1. The second kappa shape index (κ2) is 6.60. The highest BCUT2D eigenvalue weighted by Crippen LogP contribution is 2.22. The maximum absolute atomic E-state index is 11.7. The van der Waals surface area contributed by atoms with Crippen molar-refractivity contribution in [3.05, 3.63) is 22.8 Å². The zero-order valence-electron chi connectivity index (χ0n) is 11.4. The highest BCUT2D eigenvalue weighted by molar-refractivity contribution is 6.31. The molecule has 0 aliphatic heterocycles. The number of hydrogen-bond acceptors (Lipinski definition) is 2. The summed E-state index contributed by atoms with van der Waals surface area (Å²) in [6, 6.07) is 1.70. The van der Waals surface area contributed by atoms with Gasteiger partial charge in [0.15, 0.2) is 0 Å². The maximum Gasteiger partial charge on any atom is 0.230 e. The van der Waals surface area contributed by atoms with Gasteiger partial charge in [-0.2, -0.15) is 0 Å². The Kier molecular flexibility index (Phi) is 6.18. The normalized spacial score (nSPS) is 10.3. The molecule has 1 rings (SSSR count). The van der Waals surface area contributed by atoms with E-state index >= 15 is 0 Å². The molecule has 17 heavy (non-hydrogen) atoms. The van der Waals surface area contributed by atoms with Gasteiger partial charge in [0.25, 0.3) is 0 Å². The Balaban J connectivity index is 0.00000121. The lowest BCUT2D eigenvalue weighted by molar-refractivity contribution is -0.123. The largest absolute Gasteiger partial charge is 0.310 e. The Hall–Kier alpha value is -1.09. The standard InChI is InChI=1S/C11H15ClN2O.C2H6/c1-7-8(12)5-6-13-9(7)14-10(15)11(2,3)4;1-2/h5-6H,1-4H3,(H,13,14,15);1-2H3. The minimum absolute atomic E-state index is 0.0691. The van der Waals surface area contributed by atoms with E-state index in [-0.39, 0.29) is 5.91 Å². The molecular formula is C13H21ClN2O. The minimum atomic E-state index is -0.434. The van der Waals surface area contributed by atoms with Crippen molar-refractivity contribution in [3.63, 3.8) is 0 Å². The van der Waals surface area contributed by atoms with Crippen LogP contribution in [0.2, 0.25) is 5.02 Å². The fourth-order valence-corrected chi connectivity index (χ4v) is 1.08. The highest BCUT2D eigenvalue weighted by Gasteiger charge is 2.22. The maximum atomic E-state index is 11.7. The summed E-state index contributed by atoms with van der Waals surface area (Å²) in [5.41, 5.74) is 0.355. The van der Waals surface area contributed by atoms with E-state index in [9.17, 15) is 4.79 Å². The summed E-state index contributed by atoms with van der Waals surface area (Å²) in [4.78, 5) is 15.8. The number of anilines is 1. The monoisotopic (exact) mass is 256 g/mol. The highest BCUT2D eigenvalue weighted by atomic mass is 35.5. The topological polar surface area (TPSA) is 42.0 Å². The van der Waals surface area contributed by atoms with Gasteiger partial charge in [0.2, 0.25) is 5.91 Å². The molecule has 0 spiro atoms. The summed E-state index contributed by atoms with van der Waals surface area (Å²) in [5, 5.41) is 3.36. The van der Waals surface area contributed by atoms with E-state index in [1.54, 1.807) is 12.3 Å². The van der Waals surface area contributed by atoms with Crippen LogP contribution in [0.5, 0.6) is 0 Å². The van der Waals surface area contributed by atoms with Crippen LogP contribution in [0.3, 0.4) is 0 Å². The lowest BCUT2D eigenvalue weighted by Gasteiger charge is -2.18. The molecule has 0 aliphatic rings. The molecule has 3 nitrogen and oxygen atoms in total. The van der Waals surface area contributed by atoms with Crippen LogP contribution in [0.15, 0.2) is 12.3 Å². The number of pyridine rings is 1. The van der Waals surface area contributed by atoms with Crippen molar-refractivity contribution in [2.75, 3.05) is 5.32 Å². The second-order valence-corrected chi connectivity index (χ2v) is 4.88. The molecule has 1 amide bonds. The number of nitrogens with one attached hydrogen (secondary N) is 1. The molecule has 0 saturated heterocycles. The van der Waals surface area contributed by atoms with E-state index in [0.717, 1.165) is 5.56 Å². The fraction of sp³-hybridized carbons (Fsp3) is 0.538. The van der Waals surface area contributed by atoms with Crippen LogP contribution in [-0.2, 0) is 4.79 Å². The molecule has 0 atom stereocenters. The summed E-state index contributed by atoms with van der Waals surface area (Å²) < 4.78 is 0. The molecule has 0 bridgehead atoms. The third-order valence-corrected chi connectivity index (χ3v) is 2.46. The third-order valence-electron chi connectivity index (χ3n) is 2.05. The first-order valence-electron chi connectivity index (χ1n) is 5.75. The van der Waals surface area contributed by atoms with Crippen LogP contribution >= 0.6 is 11.6 Å². The molecule has 4 heteroatoms. The van der Waals surface area contributed by atoms with Crippen LogP contribution in [0.1, 0.15) is 40.2 Å². The van der Waals surface area contributed by atoms with Gasteiger partial charge in [0.1, 0.15) is 5.82 Å². The fourth-order valence-electron chi connectivity index (χ4n) is 0.933. The molecular weight excluding hydrogens is 236 g/mol. The van der Waals surface area contributed by atoms with Gasteiger partial charge in [0.05, 0.1) is 0 Å². The van der Waals surface area contributed by atoms with E-state index in [0.29, 0.717) is 10.8 Å². The summed E-state index contributed by atoms with van der Waals surface area (Å²) in [6.45, 7) is 11.4. The number of amides is 1. The van der Waals surface area contributed by atoms with E-state index in [1.165, 1.54) is 0 Å². The van der Waals surface area contributed by atoms with Crippen LogP contribution in [0.4, 0.5) is 5.82 Å². The molecule has 1 aromatic rings. The molecule has 0 aliphatic carbocycles. The summed E-state index contributed by atoms with van der Waals surface area (Å²) in [5.74, 6) is 0.461. The van der Waals surface area contributed by atoms with Gasteiger partial charge < -0.3 is 5.32 Å². The number of carbonyl (C=O) groups excluding carboxylic acids is 1. The van der Waals surface area contributed by atoms with Crippen LogP contribution in [-0.4, -0.2) is 10.9 Å². The van der Waals surface area contributed by atoms with Gasteiger partial charge in [-0.25, -0.2) is 4.98 Å². The summed E-state index contributed by atoms with van der Waals surface area (Å²) in [7, 11) is 0. The number of nitrogens with zero attached hydrogens (tertiary/aromatic N) is 1. The van der Waals surface area contributed by atoms with Crippen molar-refractivity contribution in [3.8, 4) is 0 Å². The minimum Gasteiger partial charge on any atom is -0.310 e. The van der Waals surface area contributed by atoms with Gasteiger partial charge in [-0.15, -0.1) is 0 Å². The quantitative estimate of drug-likeness (QED) is 0.824. The van der Waals surface area contributed by atoms with Gasteiger partial charge in [-0.05, 0) is 13.0 Å². The van der Waals surface area contributed by atoms with Crippen LogP contribution in [0.25, 0.3) is 0 Å². The Morgan fingerprint density at radius 2 is 1.88 bits per heavy atom. The summed E-state index contributed by atoms with van der Waals surface area (Å²) >= 11 is 5.92. The average molecular weight is 257 g/mol. The van der Waals surface area contributed by atoms with Crippen molar-refractivity contribution in [2.24, 2.45) is 5.41 Å². The lowest BCUT2D eigenvalue weighted by atomic mass is 9.96. The van der Waals surface area contributed by atoms with Crippen molar-refractivity contribution >= 4 is 23.3 Å². The van der Waals surface area contributed by atoms with Crippen LogP contribution in [0, 0.1) is 12.3 Å². The third kappa shape index (κ3) is 4.73. The molecule has 96 valence electrons. The number of aromatic nitrogens is 1. The Bertz CT molecular complexity index is 383. The van der Waals surface area contributed by atoms with E-state index < -0.39 is 5.41 Å². The van der Waals surface area contributed by atoms with E-state index in [1.807, 2.05) is 41.5 Å².